The highest BCUT2D eigenvalue weighted by Crippen LogP contribution is 2.35. The summed E-state index contributed by atoms with van der Waals surface area (Å²) in [5, 5.41) is 7.98. The Morgan fingerprint density at radius 2 is 1.85 bits per heavy atom. The molecule has 1 saturated heterocycles. The molecule has 1 aliphatic heterocycles. The monoisotopic (exact) mass is 182 g/mol. The Hall–Kier alpha value is -0.530. The van der Waals surface area contributed by atoms with Gasteiger partial charge in [-0.25, -0.2) is 0 Å². The number of nitrogens with zero attached hydrogens (tertiary/aromatic N) is 1. The van der Waals surface area contributed by atoms with Gasteiger partial charge in [0.1, 0.15) is 5.84 Å². The van der Waals surface area contributed by atoms with Crippen LogP contribution in [-0.4, -0.2) is 23.8 Å². The molecule has 1 aliphatic rings. The van der Waals surface area contributed by atoms with Crippen LogP contribution in [0, 0.1) is 16.2 Å². The average Bonchev–Trinajstić information content (AvgIpc) is 1.95. The summed E-state index contributed by atoms with van der Waals surface area (Å²) in [7, 11) is 0. The minimum Gasteiger partial charge on any atom is -0.359 e. The molecule has 0 radical (unpaired) electrons. The second kappa shape index (κ2) is 3.00. The number of likely N-dealkylation sites (tertiary alicyclic amines) is 1. The summed E-state index contributed by atoms with van der Waals surface area (Å²) < 4.78 is 0. The minimum absolute atomic E-state index is 0.00900. The van der Waals surface area contributed by atoms with E-state index >= 15 is 0 Å². The molecule has 0 spiro atoms. The quantitative estimate of drug-likeness (QED) is 0.490. The van der Waals surface area contributed by atoms with Crippen molar-refractivity contribution in [3.05, 3.63) is 0 Å². The molecule has 2 nitrogen and oxygen atoms in total. The maximum Gasteiger partial charge on any atom is 0.101 e. The highest BCUT2D eigenvalue weighted by Gasteiger charge is 2.40. The van der Waals surface area contributed by atoms with Crippen LogP contribution < -0.4 is 0 Å². The van der Waals surface area contributed by atoms with Crippen LogP contribution >= 0.6 is 0 Å². The molecule has 0 saturated carbocycles. The zero-order chi connectivity index (χ0) is 10.3. The third kappa shape index (κ3) is 2.04. The van der Waals surface area contributed by atoms with E-state index in [9.17, 15) is 0 Å². The highest BCUT2D eigenvalue weighted by atomic mass is 15.2. The van der Waals surface area contributed by atoms with Gasteiger partial charge in [-0.2, -0.15) is 0 Å². The largest absolute Gasteiger partial charge is 0.359 e. The minimum atomic E-state index is 0.00900. The molecular formula is C11H22N2. The highest BCUT2D eigenvalue weighted by molar-refractivity contribution is 5.85. The third-order valence-corrected chi connectivity index (χ3v) is 3.03. The maximum atomic E-state index is 7.98. The molecule has 0 aromatic heterocycles. The number of amidine groups is 1. The zero-order valence-corrected chi connectivity index (χ0v) is 9.57. The van der Waals surface area contributed by atoms with Gasteiger partial charge in [0.25, 0.3) is 0 Å². The molecule has 0 bridgehead atoms. The Morgan fingerprint density at radius 3 is 2.15 bits per heavy atom. The van der Waals surface area contributed by atoms with Gasteiger partial charge >= 0.3 is 0 Å². The zero-order valence-electron chi connectivity index (χ0n) is 9.57. The molecule has 1 heterocycles. The molecule has 0 atom stereocenters. The molecule has 1 N–H and O–H groups in total. The molecule has 0 amide bonds. The fourth-order valence-electron chi connectivity index (χ4n) is 1.73. The van der Waals surface area contributed by atoms with E-state index in [-0.39, 0.29) is 5.41 Å². The van der Waals surface area contributed by atoms with E-state index in [1.807, 2.05) is 0 Å². The van der Waals surface area contributed by atoms with Crippen LogP contribution in [0.25, 0.3) is 0 Å². The van der Waals surface area contributed by atoms with Gasteiger partial charge in [-0.3, -0.25) is 5.41 Å². The van der Waals surface area contributed by atoms with Crippen LogP contribution in [0.3, 0.4) is 0 Å². The fraction of sp³-hybridized carbons (Fsp3) is 0.909. The Balaban J connectivity index is 2.49. The fourth-order valence-corrected chi connectivity index (χ4v) is 1.73. The molecule has 76 valence electrons. The van der Waals surface area contributed by atoms with Crippen LogP contribution in [0.1, 0.15) is 41.0 Å². The van der Waals surface area contributed by atoms with E-state index in [0.717, 1.165) is 18.9 Å². The Labute approximate surface area is 81.8 Å². The molecule has 13 heavy (non-hydrogen) atoms. The SMILES string of the molecule is CCC1(C)CN(C(=N)C(C)(C)C)C1. The van der Waals surface area contributed by atoms with Crippen LogP contribution in [0.2, 0.25) is 0 Å². The lowest BCUT2D eigenvalue weighted by Gasteiger charge is -2.51. The van der Waals surface area contributed by atoms with Crippen molar-refractivity contribution in [3.63, 3.8) is 0 Å². The number of hydrogen-bond acceptors (Lipinski definition) is 1. The van der Waals surface area contributed by atoms with Gasteiger partial charge in [0.2, 0.25) is 0 Å². The smallest absolute Gasteiger partial charge is 0.101 e. The summed E-state index contributed by atoms with van der Waals surface area (Å²) in [4.78, 5) is 2.20. The van der Waals surface area contributed by atoms with E-state index in [4.69, 9.17) is 5.41 Å². The summed E-state index contributed by atoms with van der Waals surface area (Å²) in [6.45, 7) is 13.0. The molecule has 0 aliphatic carbocycles. The number of hydrogen-bond donors (Lipinski definition) is 1. The van der Waals surface area contributed by atoms with Crippen molar-refractivity contribution in [1.29, 1.82) is 5.41 Å². The van der Waals surface area contributed by atoms with E-state index < -0.39 is 0 Å². The lowest BCUT2D eigenvalue weighted by atomic mass is 9.77. The first kappa shape index (κ1) is 10.6. The molecule has 0 aromatic carbocycles. The van der Waals surface area contributed by atoms with E-state index in [2.05, 4.69) is 39.5 Å². The van der Waals surface area contributed by atoms with Crippen molar-refractivity contribution in [2.75, 3.05) is 13.1 Å². The third-order valence-electron chi connectivity index (χ3n) is 3.03. The maximum absolute atomic E-state index is 7.98. The Kier molecular flexibility index (Phi) is 2.44. The van der Waals surface area contributed by atoms with Gasteiger partial charge in [0.05, 0.1) is 0 Å². The van der Waals surface area contributed by atoms with Gasteiger partial charge in [-0.15, -0.1) is 0 Å². The number of nitrogens with one attached hydrogen (secondary N) is 1. The van der Waals surface area contributed by atoms with Gasteiger partial charge in [-0.1, -0.05) is 34.6 Å². The summed E-state index contributed by atoms with van der Waals surface area (Å²) in [5.41, 5.74) is 0.479. The lowest BCUT2D eigenvalue weighted by Crippen LogP contribution is -2.58. The van der Waals surface area contributed by atoms with Crippen molar-refractivity contribution in [2.45, 2.75) is 41.0 Å². The summed E-state index contributed by atoms with van der Waals surface area (Å²) in [6, 6.07) is 0. The average molecular weight is 182 g/mol. The van der Waals surface area contributed by atoms with Crippen molar-refractivity contribution in [3.8, 4) is 0 Å². The van der Waals surface area contributed by atoms with Gasteiger partial charge in [0.15, 0.2) is 0 Å². The first-order chi connectivity index (χ1) is 5.78. The van der Waals surface area contributed by atoms with E-state index in [0.29, 0.717) is 5.41 Å². The molecule has 0 aromatic rings. The molecular weight excluding hydrogens is 160 g/mol. The summed E-state index contributed by atoms with van der Waals surface area (Å²) in [5.74, 6) is 0.790. The van der Waals surface area contributed by atoms with E-state index in [1.54, 1.807) is 0 Å². The lowest BCUT2D eigenvalue weighted by molar-refractivity contribution is 0.0655. The number of rotatable bonds is 1. The normalized spacial score (nSPS) is 21.2. The molecule has 1 rings (SSSR count). The first-order valence-corrected chi connectivity index (χ1v) is 5.12. The van der Waals surface area contributed by atoms with Crippen molar-refractivity contribution >= 4 is 5.84 Å². The van der Waals surface area contributed by atoms with Crippen LogP contribution in [-0.2, 0) is 0 Å². The predicted octanol–water partition coefficient (Wildman–Crippen LogP) is 2.74. The first-order valence-electron chi connectivity index (χ1n) is 5.12. The topological polar surface area (TPSA) is 27.1 Å². The molecule has 2 heteroatoms. The Morgan fingerprint density at radius 1 is 1.38 bits per heavy atom. The van der Waals surface area contributed by atoms with Crippen LogP contribution in [0.15, 0.2) is 0 Å². The van der Waals surface area contributed by atoms with Crippen molar-refractivity contribution < 1.29 is 0 Å². The molecule has 0 unspecified atom stereocenters. The second-order valence-electron chi connectivity index (χ2n) is 5.62. The molecule has 1 fully saturated rings. The van der Waals surface area contributed by atoms with Crippen molar-refractivity contribution in [1.82, 2.24) is 4.90 Å². The Bertz CT molecular complexity index is 207. The van der Waals surface area contributed by atoms with Gasteiger partial charge in [0, 0.05) is 23.9 Å². The summed E-state index contributed by atoms with van der Waals surface area (Å²) in [6.07, 6.45) is 1.22. The van der Waals surface area contributed by atoms with E-state index in [1.165, 1.54) is 6.42 Å². The summed E-state index contributed by atoms with van der Waals surface area (Å²) >= 11 is 0. The van der Waals surface area contributed by atoms with Gasteiger partial charge in [-0.05, 0) is 6.42 Å². The van der Waals surface area contributed by atoms with Crippen LogP contribution in [0.5, 0.6) is 0 Å². The van der Waals surface area contributed by atoms with Crippen LogP contribution in [0.4, 0.5) is 0 Å². The predicted molar refractivity (Wildman–Crippen MR) is 57.2 cm³/mol. The standard InChI is InChI=1S/C11H22N2/c1-6-11(5)7-13(8-11)9(12)10(2,3)4/h12H,6-8H2,1-5H3. The van der Waals surface area contributed by atoms with Crippen molar-refractivity contribution in [2.24, 2.45) is 10.8 Å². The second-order valence-corrected chi connectivity index (χ2v) is 5.62. The van der Waals surface area contributed by atoms with Gasteiger partial charge < -0.3 is 4.90 Å².